The van der Waals surface area contributed by atoms with Gasteiger partial charge in [-0.1, -0.05) is 31.2 Å². The minimum atomic E-state index is -3.68. The van der Waals surface area contributed by atoms with Crippen molar-refractivity contribution >= 4 is 31.6 Å². The zero-order valence-corrected chi connectivity index (χ0v) is 18.4. The van der Waals surface area contributed by atoms with Crippen molar-refractivity contribution in [3.8, 4) is 0 Å². The van der Waals surface area contributed by atoms with Crippen LogP contribution in [0.4, 0.5) is 5.69 Å². The Morgan fingerprint density at radius 1 is 1.03 bits per heavy atom. The predicted molar refractivity (Wildman–Crippen MR) is 117 cm³/mol. The monoisotopic (exact) mass is 451 g/mol. The average Bonchev–Trinajstić information content (AvgIpc) is 2.68. The maximum atomic E-state index is 12.7. The number of sulfonamides is 2. The lowest BCUT2D eigenvalue weighted by molar-refractivity contribution is 0.102. The summed E-state index contributed by atoms with van der Waals surface area (Å²) < 4.78 is 53.0. The van der Waals surface area contributed by atoms with Crippen LogP contribution in [0.15, 0.2) is 60.0 Å². The Morgan fingerprint density at radius 2 is 1.70 bits per heavy atom. The van der Waals surface area contributed by atoms with E-state index in [1.54, 1.807) is 44.2 Å². The van der Waals surface area contributed by atoms with Crippen LogP contribution >= 0.6 is 0 Å². The minimum absolute atomic E-state index is 0.00711. The molecule has 0 heterocycles. The summed E-state index contributed by atoms with van der Waals surface area (Å²) in [6.07, 6.45) is 1.46. The molecule has 2 rings (SSSR count). The second-order valence-electron chi connectivity index (χ2n) is 6.53. The number of aryl methyl sites for hydroxylation is 1. The number of hydrogen-bond acceptors (Lipinski definition) is 5. The molecule has 0 unspecified atom stereocenters. The van der Waals surface area contributed by atoms with Gasteiger partial charge in [0, 0.05) is 24.3 Å². The topological polar surface area (TPSA) is 121 Å². The Morgan fingerprint density at radius 3 is 2.30 bits per heavy atom. The van der Waals surface area contributed by atoms with Gasteiger partial charge in [0.25, 0.3) is 5.91 Å². The Kier molecular flexibility index (Phi) is 7.90. The molecular formula is C20H25N3O5S2. The first-order valence-electron chi connectivity index (χ1n) is 9.17. The van der Waals surface area contributed by atoms with Crippen LogP contribution in [0, 0.1) is 6.92 Å². The van der Waals surface area contributed by atoms with E-state index in [1.807, 2.05) is 0 Å². The van der Waals surface area contributed by atoms with E-state index in [0.29, 0.717) is 16.8 Å². The molecule has 0 aromatic heterocycles. The van der Waals surface area contributed by atoms with E-state index in [0.717, 1.165) is 0 Å². The third kappa shape index (κ3) is 6.49. The lowest BCUT2D eigenvalue weighted by Crippen LogP contribution is -2.25. The largest absolute Gasteiger partial charge is 0.322 e. The smallest absolute Gasteiger partial charge is 0.255 e. The van der Waals surface area contributed by atoms with E-state index >= 15 is 0 Å². The van der Waals surface area contributed by atoms with Gasteiger partial charge in [0.15, 0.2) is 0 Å². The van der Waals surface area contributed by atoms with Crippen LogP contribution in [0.5, 0.6) is 0 Å². The highest BCUT2D eigenvalue weighted by molar-refractivity contribution is 7.89. The van der Waals surface area contributed by atoms with Gasteiger partial charge in [0.05, 0.1) is 10.6 Å². The maximum absolute atomic E-state index is 12.7. The van der Waals surface area contributed by atoms with Crippen molar-refractivity contribution in [1.29, 1.82) is 0 Å². The summed E-state index contributed by atoms with van der Waals surface area (Å²) in [5, 5.41) is 2.70. The SMILES string of the molecule is C=CCNS(=O)(=O)Cc1ccc(NC(=O)c2cc(S(=O)(=O)NCC)ccc2C)cc1. The summed E-state index contributed by atoms with van der Waals surface area (Å²) in [5.74, 6) is -0.660. The van der Waals surface area contributed by atoms with E-state index < -0.39 is 26.0 Å². The van der Waals surface area contributed by atoms with E-state index in [2.05, 4.69) is 21.3 Å². The number of carbonyl (C=O) groups excluding carboxylic acids is 1. The second-order valence-corrected chi connectivity index (χ2v) is 10.1. The molecule has 0 saturated carbocycles. The van der Waals surface area contributed by atoms with Crippen molar-refractivity contribution in [3.63, 3.8) is 0 Å². The maximum Gasteiger partial charge on any atom is 0.255 e. The van der Waals surface area contributed by atoms with Crippen molar-refractivity contribution in [3.05, 3.63) is 71.8 Å². The van der Waals surface area contributed by atoms with Crippen LogP contribution < -0.4 is 14.8 Å². The average molecular weight is 452 g/mol. The summed E-state index contributed by atoms with van der Waals surface area (Å²) in [6.45, 7) is 7.24. The molecule has 1 amide bonds. The van der Waals surface area contributed by atoms with E-state index in [9.17, 15) is 21.6 Å². The van der Waals surface area contributed by atoms with Crippen LogP contribution in [-0.4, -0.2) is 35.8 Å². The first kappa shape index (κ1) is 23.7. The lowest BCUT2D eigenvalue weighted by atomic mass is 10.1. The number of benzene rings is 2. The van der Waals surface area contributed by atoms with Crippen molar-refractivity contribution < 1.29 is 21.6 Å². The molecule has 10 heteroatoms. The molecule has 2 aromatic rings. The Hall–Kier alpha value is -2.53. The van der Waals surface area contributed by atoms with Gasteiger partial charge in [-0.25, -0.2) is 26.3 Å². The van der Waals surface area contributed by atoms with Crippen molar-refractivity contribution in [2.45, 2.75) is 24.5 Å². The fourth-order valence-corrected chi connectivity index (χ4v) is 4.80. The van der Waals surface area contributed by atoms with Crippen molar-refractivity contribution in [2.24, 2.45) is 0 Å². The molecule has 0 spiro atoms. The molecule has 0 aliphatic heterocycles. The van der Waals surface area contributed by atoms with Crippen LogP contribution in [0.2, 0.25) is 0 Å². The molecule has 0 aliphatic carbocycles. The molecule has 0 radical (unpaired) electrons. The number of anilines is 1. The molecule has 0 aliphatic rings. The van der Waals surface area contributed by atoms with Gasteiger partial charge in [0.1, 0.15) is 0 Å². The quantitative estimate of drug-likeness (QED) is 0.478. The first-order chi connectivity index (χ1) is 14.1. The third-order valence-corrected chi connectivity index (χ3v) is 6.98. The van der Waals surface area contributed by atoms with Gasteiger partial charge in [-0.05, 0) is 42.3 Å². The molecule has 8 nitrogen and oxygen atoms in total. The zero-order chi connectivity index (χ0) is 22.4. The van der Waals surface area contributed by atoms with Gasteiger partial charge in [0.2, 0.25) is 20.0 Å². The molecule has 2 aromatic carbocycles. The minimum Gasteiger partial charge on any atom is -0.322 e. The standard InChI is InChI=1S/C20H25N3O5S2/c1-4-12-22-29(25,26)14-16-7-9-17(10-8-16)23-20(24)19-13-18(11-6-15(19)3)30(27,28)21-5-2/h4,6-11,13,21-22H,1,5,12,14H2,2-3H3,(H,23,24). The molecule has 0 atom stereocenters. The summed E-state index contributed by atoms with van der Waals surface area (Å²) in [5.41, 5.74) is 1.87. The van der Waals surface area contributed by atoms with Crippen molar-refractivity contribution in [1.82, 2.24) is 9.44 Å². The number of hydrogen-bond donors (Lipinski definition) is 3. The molecule has 0 bridgehead atoms. The highest BCUT2D eigenvalue weighted by Crippen LogP contribution is 2.18. The number of rotatable bonds is 10. The van der Waals surface area contributed by atoms with Gasteiger partial charge < -0.3 is 5.32 Å². The fraction of sp³-hybridized carbons (Fsp3) is 0.250. The summed E-state index contributed by atoms with van der Waals surface area (Å²) >= 11 is 0. The van der Waals surface area contributed by atoms with E-state index in [1.165, 1.54) is 18.2 Å². The molecule has 30 heavy (non-hydrogen) atoms. The highest BCUT2D eigenvalue weighted by Gasteiger charge is 2.17. The van der Waals surface area contributed by atoms with Gasteiger partial charge in [-0.2, -0.15) is 0 Å². The van der Waals surface area contributed by atoms with Crippen LogP contribution in [-0.2, 0) is 25.8 Å². The van der Waals surface area contributed by atoms with Crippen molar-refractivity contribution in [2.75, 3.05) is 18.4 Å². The van der Waals surface area contributed by atoms with Crippen LogP contribution in [0.25, 0.3) is 0 Å². The summed E-state index contributed by atoms with van der Waals surface area (Å²) in [7, 11) is -7.16. The highest BCUT2D eigenvalue weighted by atomic mass is 32.2. The van der Waals surface area contributed by atoms with E-state index in [4.69, 9.17) is 0 Å². The Balaban J connectivity index is 2.16. The molecule has 0 fully saturated rings. The molecular weight excluding hydrogens is 426 g/mol. The Labute approximate surface area is 177 Å². The lowest BCUT2D eigenvalue weighted by Gasteiger charge is -2.11. The van der Waals surface area contributed by atoms with Crippen LogP contribution in [0.1, 0.15) is 28.4 Å². The number of carbonyl (C=O) groups is 1. The first-order valence-corrected chi connectivity index (χ1v) is 12.3. The normalized spacial score (nSPS) is 11.8. The summed E-state index contributed by atoms with van der Waals surface area (Å²) in [4.78, 5) is 12.7. The van der Waals surface area contributed by atoms with Gasteiger partial charge in [-0.3, -0.25) is 4.79 Å². The van der Waals surface area contributed by atoms with Gasteiger partial charge >= 0.3 is 0 Å². The number of amides is 1. The van der Waals surface area contributed by atoms with E-state index in [-0.39, 0.29) is 29.3 Å². The second kappa shape index (κ2) is 9.98. The van der Waals surface area contributed by atoms with Gasteiger partial charge in [-0.15, -0.1) is 6.58 Å². The molecule has 3 N–H and O–H groups in total. The zero-order valence-electron chi connectivity index (χ0n) is 16.8. The van der Waals surface area contributed by atoms with Crippen LogP contribution in [0.3, 0.4) is 0 Å². The molecule has 0 saturated heterocycles. The number of nitrogens with one attached hydrogen (secondary N) is 3. The Bertz CT molecular complexity index is 1130. The molecule has 162 valence electrons. The summed E-state index contributed by atoms with van der Waals surface area (Å²) in [6, 6.07) is 10.7. The fourth-order valence-electron chi connectivity index (χ4n) is 2.63. The third-order valence-electron chi connectivity index (χ3n) is 4.11. The predicted octanol–water partition coefficient (Wildman–Crippen LogP) is 2.15.